The zero-order chi connectivity index (χ0) is 21.5. The van der Waals surface area contributed by atoms with Crippen molar-refractivity contribution >= 4 is 21.8 Å². The number of hydrogen-bond donors (Lipinski definition) is 2. The second-order valence-electron chi connectivity index (χ2n) is 6.85. The molecule has 0 aliphatic carbocycles. The molecule has 2 aromatic heterocycles. The summed E-state index contributed by atoms with van der Waals surface area (Å²) in [6.45, 7) is 0.750. The molecular formula is C18H18FN5O5S. The van der Waals surface area contributed by atoms with Gasteiger partial charge in [0.15, 0.2) is 5.65 Å². The van der Waals surface area contributed by atoms with E-state index in [2.05, 4.69) is 10.1 Å². The highest BCUT2D eigenvalue weighted by Crippen LogP contribution is 2.29. The van der Waals surface area contributed by atoms with Crippen LogP contribution in [0.5, 0.6) is 5.88 Å². The molecule has 10 nitrogen and oxygen atoms in total. The molecule has 1 aromatic carbocycles. The largest absolute Gasteiger partial charge is 0.474 e. The van der Waals surface area contributed by atoms with Gasteiger partial charge in [-0.3, -0.25) is 0 Å². The van der Waals surface area contributed by atoms with Crippen LogP contribution >= 0.6 is 0 Å². The molecule has 30 heavy (non-hydrogen) atoms. The third kappa shape index (κ3) is 3.78. The van der Waals surface area contributed by atoms with E-state index in [-0.39, 0.29) is 16.6 Å². The number of nitrogens with zero attached hydrogens (tertiary/aromatic N) is 4. The minimum atomic E-state index is -4.02. The third-order valence-electron chi connectivity index (χ3n) is 4.93. The Labute approximate surface area is 170 Å². The van der Waals surface area contributed by atoms with Gasteiger partial charge in [0.05, 0.1) is 11.1 Å². The van der Waals surface area contributed by atoms with Gasteiger partial charge in [0.2, 0.25) is 15.9 Å². The molecule has 1 amide bonds. The van der Waals surface area contributed by atoms with Gasteiger partial charge in [-0.1, -0.05) is 0 Å². The molecule has 0 spiro atoms. The number of sulfonamides is 1. The lowest BCUT2D eigenvalue weighted by Gasteiger charge is -2.30. The summed E-state index contributed by atoms with van der Waals surface area (Å²) in [4.78, 5) is 16.3. The van der Waals surface area contributed by atoms with Crippen molar-refractivity contribution in [3.8, 4) is 17.0 Å². The fourth-order valence-corrected chi connectivity index (χ4v) is 3.90. The second kappa shape index (κ2) is 7.54. The summed E-state index contributed by atoms with van der Waals surface area (Å²) >= 11 is 0. The fourth-order valence-electron chi connectivity index (χ4n) is 3.38. The van der Waals surface area contributed by atoms with E-state index >= 15 is 0 Å². The monoisotopic (exact) mass is 435 g/mol. The first kappa shape index (κ1) is 20.0. The van der Waals surface area contributed by atoms with Crippen LogP contribution in [-0.4, -0.2) is 58.3 Å². The van der Waals surface area contributed by atoms with Crippen molar-refractivity contribution in [2.75, 3.05) is 13.1 Å². The topological polar surface area (TPSA) is 140 Å². The van der Waals surface area contributed by atoms with Crippen LogP contribution in [0, 0.1) is 5.82 Å². The summed E-state index contributed by atoms with van der Waals surface area (Å²) in [6, 6.07) is 5.00. The Morgan fingerprint density at radius 3 is 2.60 bits per heavy atom. The first-order valence-electron chi connectivity index (χ1n) is 9.04. The maximum atomic E-state index is 14.6. The van der Waals surface area contributed by atoms with Crippen LogP contribution in [0.15, 0.2) is 41.6 Å². The summed E-state index contributed by atoms with van der Waals surface area (Å²) in [6.07, 6.45) is 2.84. The summed E-state index contributed by atoms with van der Waals surface area (Å²) < 4.78 is 44.8. The molecule has 1 aliphatic rings. The number of carbonyl (C=O) groups is 1. The molecule has 0 radical (unpaired) electrons. The lowest BCUT2D eigenvalue weighted by Crippen LogP contribution is -2.41. The van der Waals surface area contributed by atoms with Crippen molar-refractivity contribution < 1.29 is 27.4 Å². The van der Waals surface area contributed by atoms with Gasteiger partial charge in [0.1, 0.15) is 11.9 Å². The van der Waals surface area contributed by atoms with E-state index in [4.69, 9.17) is 15.0 Å². The van der Waals surface area contributed by atoms with Gasteiger partial charge in [0.25, 0.3) is 0 Å². The predicted molar refractivity (Wildman–Crippen MR) is 103 cm³/mol. The maximum Gasteiger partial charge on any atom is 0.407 e. The number of amides is 1. The van der Waals surface area contributed by atoms with Crippen molar-refractivity contribution in [1.82, 2.24) is 19.5 Å². The minimum Gasteiger partial charge on any atom is -0.474 e. The summed E-state index contributed by atoms with van der Waals surface area (Å²) in [5, 5.41) is 18.3. The van der Waals surface area contributed by atoms with Gasteiger partial charge >= 0.3 is 6.09 Å². The molecule has 1 aliphatic heterocycles. The highest BCUT2D eigenvalue weighted by molar-refractivity contribution is 7.89. The normalized spacial score (nSPS) is 15.5. The van der Waals surface area contributed by atoms with Gasteiger partial charge in [-0.25, -0.2) is 27.7 Å². The highest BCUT2D eigenvalue weighted by atomic mass is 32.2. The zero-order valence-electron chi connectivity index (χ0n) is 15.6. The van der Waals surface area contributed by atoms with E-state index in [1.54, 1.807) is 6.07 Å². The van der Waals surface area contributed by atoms with Crippen LogP contribution in [-0.2, 0) is 10.0 Å². The lowest BCUT2D eigenvalue weighted by atomic mass is 10.1. The number of carboxylic acid groups (broad SMARTS) is 1. The minimum absolute atomic E-state index is 0.122. The first-order chi connectivity index (χ1) is 14.2. The van der Waals surface area contributed by atoms with Crippen molar-refractivity contribution in [2.45, 2.75) is 23.8 Å². The Morgan fingerprint density at radius 2 is 1.97 bits per heavy atom. The Balaban J connectivity index is 1.62. The smallest absolute Gasteiger partial charge is 0.407 e. The highest BCUT2D eigenvalue weighted by Gasteiger charge is 2.25. The number of rotatable bonds is 4. The van der Waals surface area contributed by atoms with Crippen molar-refractivity contribution in [2.24, 2.45) is 5.14 Å². The molecule has 158 valence electrons. The number of fused-ring (bicyclic) bond motifs is 1. The van der Waals surface area contributed by atoms with E-state index in [1.807, 2.05) is 0 Å². The van der Waals surface area contributed by atoms with Gasteiger partial charge in [-0.05, 0) is 18.2 Å². The molecule has 1 saturated heterocycles. The Bertz CT molecular complexity index is 1220. The van der Waals surface area contributed by atoms with Crippen molar-refractivity contribution in [3.63, 3.8) is 0 Å². The number of ether oxygens (including phenoxy) is 1. The SMILES string of the molecule is NS(=O)(=O)c1ccc(-c2cnn3c(OC4CCN(C(=O)O)CC4)ccnc23)c(F)c1. The predicted octanol–water partition coefficient (Wildman–Crippen LogP) is 1.70. The number of hydrogen-bond acceptors (Lipinski definition) is 6. The van der Waals surface area contributed by atoms with Gasteiger partial charge < -0.3 is 14.7 Å². The van der Waals surface area contributed by atoms with Crippen LogP contribution in [0.25, 0.3) is 16.8 Å². The third-order valence-corrected chi connectivity index (χ3v) is 5.84. The molecule has 1 fully saturated rings. The number of nitrogens with two attached hydrogens (primary N) is 1. The summed E-state index contributed by atoms with van der Waals surface area (Å²) in [7, 11) is -4.02. The molecule has 0 atom stereocenters. The van der Waals surface area contributed by atoms with E-state index in [0.717, 1.165) is 6.07 Å². The molecule has 3 heterocycles. The molecule has 0 bridgehead atoms. The van der Waals surface area contributed by atoms with Gasteiger partial charge in [-0.15, -0.1) is 0 Å². The lowest BCUT2D eigenvalue weighted by molar-refractivity contribution is 0.0857. The maximum absolute atomic E-state index is 14.6. The van der Waals surface area contributed by atoms with E-state index in [0.29, 0.717) is 43.0 Å². The van der Waals surface area contributed by atoms with Gasteiger partial charge in [0, 0.05) is 49.3 Å². The van der Waals surface area contributed by atoms with E-state index in [1.165, 1.54) is 33.9 Å². The molecular weight excluding hydrogens is 417 g/mol. The van der Waals surface area contributed by atoms with Gasteiger partial charge in [-0.2, -0.15) is 9.61 Å². The van der Waals surface area contributed by atoms with Crippen LogP contribution in [0.1, 0.15) is 12.8 Å². The van der Waals surface area contributed by atoms with Crippen LogP contribution in [0.4, 0.5) is 9.18 Å². The molecule has 4 rings (SSSR count). The average Bonchev–Trinajstić information content (AvgIpc) is 3.12. The standard InChI is InChI=1S/C18H18FN5O5S/c19-15-9-12(30(20,27)28)1-2-13(15)14-10-22-24-16(3-6-21-17(14)24)29-11-4-7-23(8-5-11)18(25)26/h1-3,6,9-11H,4-5,7-8H2,(H,25,26)(H2,20,27,28). The van der Waals surface area contributed by atoms with E-state index in [9.17, 15) is 17.6 Å². The van der Waals surface area contributed by atoms with Crippen LogP contribution in [0.3, 0.4) is 0 Å². The Morgan fingerprint density at radius 1 is 1.23 bits per heavy atom. The zero-order valence-corrected chi connectivity index (χ0v) is 16.4. The first-order valence-corrected chi connectivity index (χ1v) is 10.6. The Hall–Kier alpha value is -3.25. The number of primary sulfonamides is 1. The Kier molecular flexibility index (Phi) is 5.03. The number of halogens is 1. The number of piperidine rings is 1. The molecule has 3 N–H and O–H groups in total. The summed E-state index contributed by atoms with van der Waals surface area (Å²) in [5.74, 6) is -0.382. The fraction of sp³-hybridized carbons (Fsp3) is 0.278. The molecule has 0 saturated carbocycles. The molecule has 3 aromatic rings. The van der Waals surface area contributed by atoms with Crippen LogP contribution in [0.2, 0.25) is 0 Å². The average molecular weight is 435 g/mol. The van der Waals surface area contributed by atoms with E-state index < -0.39 is 21.9 Å². The molecule has 12 heteroatoms. The number of benzene rings is 1. The van der Waals surface area contributed by atoms with Crippen LogP contribution < -0.4 is 9.88 Å². The second-order valence-corrected chi connectivity index (χ2v) is 8.41. The summed E-state index contributed by atoms with van der Waals surface area (Å²) in [5.41, 5.74) is 0.814. The van der Waals surface area contributed by atoms with Crippen molar-refractivity contribution in [3.05, 3.63) is 42.5 Å². The number of likely N-dealkylation sites (tertiary alicyclic amines) is 1. The quantitative estimate of drug-likeness (QED) is 0.636. The molecule has 0 unspecified atom stereocenters. The number of aromatic nitrogens is 3. The van der Waals surface area contributed by atoms with Crippen molar-refractivity contribution in [1.29, 1.82) is 0 Å².